The van der Waals surface area contributed by atoms with Crippen molar-refractivity contribution < 1.29 is 9.59 Å². The molecule has 5 rings (SSSR count). The highest BCUT2D eigenvalue weighted by Gasteiger charge is 2.27. The van der Waals surface area contributed by atoms with Gasteiger partial charge in [-0.2, -0.15) is 0 Å². The van der Waals surface area contributed by atoms with Crippen LogP contribution in [-0.2, 0) is 16.1 Å². The zero-order valence-electron chi connectivity index (χ0n) is 19.4. The van der Waals surface area contributed by atoms with Crippen LogP contribution in [0.15, 0.2) is 53.6 Å². The maximum absolute atomic E-state index is 11.8. The summed E-state index contributed by atoms with van der Waals surface area (Å²) in [4.78, 5) is 39.7. The molecule has 2 N–H and O–H groups in total. The number of carbonyl (C=O) groups is 2. The minimum Gasteiger partial charge on any atom is -0.341 e. The van der Waals surface area contributed by atoms with Crippen molar-refractivity contribution in [3.05, 3.63) is 65.0 Å². The standard InChI is InChI=1S/C26H28N6O2S/c33-16-23(34)25-24(35-17-29-25)13-20-7-10-28-26(31-20)32-11-8-18(9-12-32)14-27-15-21-6-5-19-3-1-2-4-22(19)30-21/h1-7,10,13,16,18,25,27,29H,8-9,11-12,14-15,17H2/b24-13-. The van der Waals surface area contributed by atoms with Gasteiger partial charge in [-0.05, 0) is 49.6 Å². The fourth-order valence-electron chi connectivity index (χ4n) is 4.51. The quantitative estimate of drug-likeness (QED) is 0.366. The number of nitrogens with zero attached hydrogens (tertiary/aromatic N) is 4. The molecule has 2 aliphatic heterocycles. The van der Waals surface area contributed by atoms with E-state index in [2.05, 4.69) is 44.8 Å². The number of fused-ring (bicyclic) bond motifs is 1. The molecule has 3 aromatic rings. The Morgan fingerprint density at radius 1 is 1.14 bits per heavy atom. The second-order valence-electron chi connectivity index (χ2n) is 8.83. The number of ketones is 1. The van der Waals surface area contributed by atoms with Crippen LogP contribution < -0.4 is 15.5 Å². The van der Waals surface area contributed by atoms with Gasteiger partial charge >= 0.3 is 0 Å². The number of piperidine rings is 1. The van der Waals surface area contributed by atoms with E-state index in [1.807, 2.05) is 24.3 Å². The van der Waals surface area contributed by atoms with Crippen molar-refractivity contribution in [2.45, 2.75) is 25.4 Å². The fourth-order valence-corrected chi connectivity index (χ4v) is 5.50. The summed E-state index contributed by atoms with van der Waals surface area (Å²) in [5.41, 5.74) is 2.84. The van der Waals surface area contributed by atoms with Crippen molar-refractivity contribution in [3.63, 3.8) is 0 Å². The lowest BCUT2D eigenvalue weighted by atomic mass is 9.97. The van der Waals surface area contributed by atoms with E-state index in [0.29, 0.717) is 24.0 Å². The number of hydrogen-bond acceptors (Lipinski definition) is 9. The molecule has 0 bridgehead atoms. The van der Waals surface area contributed by atoms with Crippen LogP contribution in [-0.4, -0.2) is 58.6 Å². The van der Waals surface area contributed by atoms with Crippen LogP contribution in [0.25, 0.3) is 17.0 Å². The summed E-state index contributed by atoms with van der Waals surface area (Å²) >= 11 is 1.52. The molecular weight excluding hydrogens is 460 g/mol. The highest BCUT2D eigenvalue weighted by Crippen LogP contribution is 2.28. The molecule has 2 fully saturated rings. The zero-order chi connectivity index (χ0) is 24.0. The summed E-state index contributed by atoms with van der Waals surface area (Å²) in [6.45, 7) is 3.55. The molecule has 2 aliphatic rings. The Hall–Kier alpha value is -3.14. The molecule has 1 unspecified atom stereocenters. The van der Waals surface area contributed by atoms with Gasteiger partial charge in [0.2, 0.25) is 11.7 Å². The number of hydrogen-bond donors (Lipinski definition) is 2. The third-order valence-electron chi connectivity index (χ3n) is 6.46. The van der Waals surface area contributed by atoms with Crippen molar-refractivity contribution in [1.82, 2.24) is 25.6 Å². The van der Waals surface area contributed by atoms with Gasteiger partial charge in [-0.25, -0.2) is 9.97 Å². The molecule has 1 atom stereocenters. The Balaban J connectivity index is 1.13. The number of Topliss-reactive ketones (excluding diaryl/α,β-unsaturated/α-hetero) is 1. The molecule has 0 radical (unpaired) electrons. The van der Waals surface area contributed by atoms with E-state index in [1.54, 1.807) is 6.20 Å². The SMILES string of the molecule is O=CC(=O)C1NCS/C1=C\c1ccnc(N2CCC(CNCc3ccc4ccccc4n3)CC2)n1. The van der Waals surface area contributed by atoms with Crippen LogP contribution in [0.5, 0.6) is 0 Å². The maximum Gasteiger partial charge on any atom is 0.225 e. The van der Waals surface area contributed by atoms with E-state index in [4.69, 9.17) is 9.97 Å². The number of carbonyl (C=O) groups excluding carboxylic acids is 2. The average Bonchev–Trinajstić information content (AvgIpc) is 3.37. The Morgan fingerprint density at radius 2 is 2.00 bits per heavy atom. The van der Waals surface area contributed by atoms with Gasteiger partial charge in [-0.3, -0.25) is 19.9 Å². The Labute approximate surface area is 208 Å². The first-order chi connectivity index (χ1) is 17.2. The average molecular weight is 489 g/mol. The molecule has 2 saturated heterocycles. The molecular formula is C26H28N6O2S. The van der Waals surface area contributed by atoms with Gasteiger partial charge in [0.25, 0.3) is 0 Å². The summed E-state index contributed by atoms with van der Waals surface area (Å²) in [5, 5.41) is 7.79. The van der Waals surface area contributed by atoms with Gasteiger partial charge in [0.05, 0.1) is 16.9 Å². The highest BCUT2D eigenvalue weighted by atomic mass is 32.2. The van der Waals surface area contributed by atoms with Gasteiger partial charge in [0.1, 0.15) is 6.04 Å². The number of anilines is 1. The lowest BCUT2D eigenvalue weighted by Crippen LogP contribution is -2.38. The molecule has 0 saturated carbocycles. The van der Waals surface area contributed by atoms with E-state index >= 15 is 0 Å². The molecule has 9 heteroatoms. The van der Waals surface area contributed by atoms with Crippen molar-refractivity contribution in [1.29, 1.82) is 0 Å². The Kier molecular flexibility index (Phi) is 7.46. The Morgan fingerprint density at radius 3 is 2.86 bits per heavy atom. The first kappa shape index (κ1) is 23.6. The van der Waals surface area contributed by atoms with E-state index in [-0.39, 0.29) is 0 Å². The topological polar surface area (TPSA) is 100 Å². The minimum atomic E-state index is -0.566. The molecule has 0 aliphatic carbocycles. The molecule has 4 heterocycles. The van der Waals surface area contributed by atoms with Crippen molar-refractivity contribution in [2.24, 2.45) is 5.92 Å². The predicted octanol–water partition coefficient (Wildman–Crippen LogP) is 2.80. The van der Waals surface area contributed by atoms with Gasteiger partial charge in [-0.15, -0.1) is 11.8 Å². The number of benzene rings is 1. The van der Waals surface area contributed by atoms with Crippen molar-refractivity contribution in [2.75, 3.05) is 30.4 Å². The molecule has 1 aromatic carbocycles. The highest BCUT2D eigenvalue weighted by molar-refractivity contribution is 8.03. The number of aldehydes is 1. The number of pyridine rings is 1. The molecule has 0 spiro atoms. The molecule has 2 aromatic heterocycles. The third-order valence-corrected chi connectivity index (χ3v) is 7.46. The first-order valence-corrected chi connectivity index (χ1v) is 12.9. The number of thioether (sulfide) groups is 1. The normalized spacial score (nSPS) is 19.9. The monoisotopic (exact) mass is 488 g/mol. The summed E-state index contributed by atoms with van der Waals surface area (Å²) in [6, 6.07) is 13.7. The minimum absolute atomic E-state index is 0.375. The van der Waals surface area contributed by atoms with Crippen LogP contribution >= 0.6 is 11.8 Å². The van der Waals surface area contributed by atoms with Crippen molar-refractivity contribution in [3.8, 4) is 0 Å². The van der Waals surface area contributed by atoms with Gasteiger partial charge in [-0.1, -0.05) is 24.3 Å². The number of nitrogens with one attached hydrogen (secondary N) is 2. The Bertz CT molecular complexity index is 1240. The number of aromatic nitrogens is 3. The van der Waals surface area contributed by atoms with Crippen molar-refractivity contribution >= 4 is 46.8 Å². The lowest BCUT2D eigenvalue weighted by Gasteiger charge is -2.32. The largest absolute Gasteiger partial charge is 0.341 e. The van der Waals surface area contributed by atoms with Gasteiger partial charge in [0.15, 0.2) is 6.29 Å². The van der Waals surface area contributed by atoms with Gasteiger partial charge < -0.3 is 10.2 Å². The summed E-state index contributed by atoms with van der Waals surface area (Å²) < 4.78 is 0. The summed E-state index contributed by atoms with van der Waals surface area (Å²) in [6.07, 6.45) is 6.15. The molecule has 0 amide bonds. The smallest absolute Gasteiger partial charge is 0.225 e. The molecule has 8 nitrogen and oxygen atoms in total. The van der Waals surface area contributed by atoms with E-state index in [1.165, 1.54) is 17.1 Å². The lowest BCUT2D eigenvalue weighted by molar-refractivity contribution is -0.130. The number of para-hydroxylation sites is 1. The van der Waals surface area contributed by atoms with E-state index in [9.17, 15) is 9.59 Å². The van der Waals surface area contributed by atoms with Crippen LogP contribution in [0.2, 0.25) is 0 Å². The first-order valence-electron chi connectivity index (χ1n) is 11.9. The maximum atomic E-state index is 11.8. The van der Waals surface area contributed by atoms with Crippen LogP contribution in [0.3, 0.4) is 0 Å². The summed E-state index contributed by atoms with van der Waals surface area (Å²) in [5.74, 6) is 1.46. The van der Waals surface area contributed by atoms with Crippen LogP contribution in [0, 0.1) is 5.92 Å². The predicted molar refractivity (Wildman–Crippen MR) is 139 cm³/mol. The van der Waals surface area contributed by atoms with Crippen LogP contribution in [0.4, 0.5) is 5.95 Å². The fraction of sp³-hybridized carbons (Fsp3) is 0.346. The second kappa shape index (κ2) is 11.1. The third kappa shape index (κ3) is 5.75. The van der Waals surface area contributed by atoms with E-state index in [0.717, 1.165) is 60.8 Å². The molecule has 35 heavy (non-hydrogen) atoms. The summed E-state index contributed by atoms with van der Waals surface area (Å²) in [7, 11) is 0. The molecule has 180 valence electrons. The van der Waals surface area contributed by atoms with E-state index < -0.39 is 11.8 Å². The van der Waals surface area contributed by atoms with Crippen LogP contribution in [0.1, 0.15) is 24.2 Å². The zero-order valence-corrected chi connectivity index (χ0v) is 20.2. The second-order valence-corrected chi connectivity index (χ2v) is 9.88. The van der Waals surface area contributed by atoms with Gasteiger partial charge in [0, 0.05) is 42.0 Å². The number of rotatable bonds is 8.